The molecule has 0 spiro atoms. The number of allylic oxidation sites excluding steroid dienone is 2. The first kappa shape index (κ1) is 27.8. The van der Waals surface area contributed by atoms with Gasteiger partial charge in [-0.05, 0) is 54.1 Å². The number of likely N-dealkylation sites (tertiary alicyclic amines) is 1. The number of rotatable bonds is 4. The molecule has 6 atom stereocenters. The molecule has 2 aromatic carbocycles. The Balaban J connectivity index is 1.50. The van der Waals surface area contributed by atoms with E-state index in [0.29, 0.717) is 11.1 Å². The fraction of sp³-hybridized carbons (Fsp3) is 0.357. The fourth-order valence-corrected chi connectivity index (χ4v) is 8.10. The molecule has 2 heterocycles. The van der Waals surface area contributed by atoms with Gasteiger partial charge in [-0.15, -0.1) is 23.2 Å². The first-order valence-corrected chi connectivity index (χ1v) is 13.7. The molecule has 212 valence electrons. The third-order valence-corrected chi connectivity index (χ3v) is 10.4. The van der Waals surface area contributed by atoms with Gasteiger partial charge in [-0.1, -0.05) is 29.8 Å². The third kappa shape index (κ3) is 3.59. The lowest BCUT2D eigenvalue weighted by Crippen LogP contribution is -2.60. The summed E-state index contributed by atoms with van der Waals surface area (Å²) in [5.41, 5.74) is 1.28. The average Bonchev–Trinajstić information content (AvgIpc) is 3.27. The van der Waals surface area contributed by atoms with E-state index in [2.05, 4.69) is 0 Å². The molecular weight excluding hydrogens is 574 g/mol. The zero-order valence-electron chi connectivity index (χ0n) is 22.0. The summed E-state index contributed by atoms with van der Waals surface area (Å²) in [5.74, 6) is -5.84. The summed E-state index contributed by atoms with van der Waals surface area (Å²) in [7, 11) is 0.894. The standard InChI is InChI=1S/C28H25BCl2N2O8/c1-32-25(37)27(30)12-18-16(22(28(27,31)26(32)38)13-6-9-20(41-2)19(34)10-13)7-8-17-21(18)24(36)33(23(17)35)15-5-3-4-14(11-15)29(39)40/h3-7,9-11,17-18,21-22,34,39-40H,8,12H2,1-2H3/t17-,18+,21-,22-,27+,28-/m0/s1. The van der Waals surface area contributed by atoms with Crippen LogP contribution in [0.2, 0.25) is 0 Å². The molecule has 1 saturated carbocycles. The number of anilines is 1. The minimum Gasteiger partial charge on any atom is -0.504 e. The van der Waals surface area contributed by atoms with Crippen LogP contribution in [0, 0.1) is 17.8 Å². The van der Waals surface area contributed by atoms with Gasteiger partial charge in [-0.25, -0.2) is 0 Å². The minimum atomic E-state index is -1.96. The smallest absolute Gasteiger partial charge is 0.488 e. The Hall–Kier alpha value is -3.38. The van der Waals surface area contributed by atoms with Crippen LogP contribution in [-0.4, -0.2) is 74.7 Å². The van der Waals surface area contributed by atoms with Crippen LogP contribution in [0.4, 0.5) is 5.69 Å². The van der Waals surface area contributed by atoms with Crippen LogP contribution in [0.1, 0.15) is 24.3 Å². The van der Waals surface area contributed by atoms with Crippen LogP contribution in [0.3, 0.4) is 0 Å². The summed E-state index contributed by atoms with van der Waals surface area (Å²) < 4.78 is 5.17. The largest absolute Gasteiger partial charge is 0.504 e. The van der Waals surface area contributed by atoms with Gasteiger partial charge in [-0.3, -0.25) is 29.0 Å². The number of methoxy groups -OCH3 is 1. The number of ether oxygens (including phenoxy) is 1. The van der Waals surface area contributed by atoms with E-state index < -0.39 is 64.2 Å². The fourth-order valence-electron chi connectivity index (χ4n) is 7.08. The zero-order valence-corrected chi connectivity index (χ0v) is 23.5. The van der Waals surface area contributed by atoms with E-state index in [1.807, 2.05) is 0 Å². The number of imide groups is 2. The van der Waals surface area contributed by atoms with Crippen molar-refractivity contribution in [1.82, 2.24) is 4.90 Å². The van der Waals surface area contributed by atoms with Gasteiger partial charge in [0.25, 0.3) is 11.8 Å². The maximum atomic E-state index is 14.0. The molecule has 2 aromatic rings. The number of hydrogen-bond acceptors (Lipinski definition) is 8. The zero-order chi connectivity index (χ0) is 29.6. The highest BCUT2D eigenvalue weighted by molar-refractivity contribution is 6.58. The number of amides is 4. The number of fused-ring (bicyclic) bond motifs is 4. The molecule has 4 amide bonds. The van der Waals surface area contributed by atoms with E-state index in [1.54, 1.807) is 12.1 Å². The Morgan fingerprint density at radius 1 is 1.00 bits per heavy atom. The lowest BCUT2D eigenvalue weighted by Gasteiger charge is -2.50. The molecule has 2 aliphatic carbocycles. The molecule has 0 unspecified atom stereocenters. The molecule has 13 heteroatoms. The molecular formula is C28H25BCl2N2O8. The van der Waals surface area contributed by atoms with Gasteiger partial charge >= 0.3 is 7.12 Å². The highest BCUT2D eigenvalue weighted by Gasteiger charge is 2.75. The van der Waals surface area contributed by atoms with Crippen molar-refractivity contribution in [1.29, 1.82) is 0 Å². The third-order valence-electron chi connectivity index (χ3n) is 8.98. The number of carbonyl (C=O) groups excluding carboxylic acids is 4. The average molecular weight is 599 g/mol. The SMILES string of the molecule is COc1ccc([C@H]2C3=CC[C@@H]4C(=O)N(c5cccc(B(O)O)c5)C(=O)[C@@H]4[C@@H]3C[C@@]3(Cl)C(=O)N(C)C(=O)[C@@]23Cl)cc1O. The van der Waals surface area contributed by atoms with Crippen LogP contribution in [0.25, 0.3) is 0 Å². The van der Waals surface area contributed by atoms with Crippen molar-refractivity contribution in [2.45, 2.75) is 28.5 Å². The minimum absolute atomic E-state index is 0.110. The van der Waals surface area contributed by atoms with Crippen molar-refractivity contribution in [3.8, 4) is 11.5 Å². The predicted octanol–water partition coefficient (Wildman–Crippen LogP) is 1.27. The number of benzene rings is 2. The van der Waals surface area contributed by atoms with Gasteiger partial charge in [0.15, 0.2) is 21.2 Å². The Labute approximate surface area is 245 Å². The Morgan fingerprint density at radius 3 is 2.39 bits per heavy atom. The molecule has 0 bridgehead atoms. The lowest BCUT2D eigenvalue weighted by atomic mass is 9.56. The van der Waals surface area contributed by atoms with E-state index in [9.17, 15) is 34.3 Å². The first-order valence-electron chi connectivity index (χ1n) is 13.0. The maximum Gasteiger partial charge on any atom is 0.488 e. The second-order valence-corrected chi connectivity index (χ2v) is 12.2. The van der Waals surface area contributed by atoms with Crippen molar-refractivity contribution >= 4 is 65.1 Å². The molecule has 6 rings (SSSR count). The number of carbonyl (C=O) groups is 4. The van der Waals surface area contributed by atoms with Crippen molar-refractivity contribution in [2.24, 2.45) is 17.8 Å². The monoisotopic (exact) mass is 598 g/mol. The van der Waals surface area contributed by atoms with Gasteiger partial charge < -0.3 is 19.9 Å². The van der Waals surface area contributed by atoms with Crippen LogP contribution in [0.15, 0.2) is 54.1 Å². The Kier molecular flexibility index (Phi) is 6.31. The number of hydrogen-bond donors (Lipinski definition) is 3. The normalized spacial score (nSPS) is 32.5. The van der Waals surface area contributed by atoms with E-state index in [4.69, 9.17) is 27.9 Å². The van der Waals surface area contributed by atoms with Gasteiger partial charge in [0, 0.05) is 13.0 Å². The van der Waals surface area contributed by atoms with Gasteiger partial charge in [0.1, 0.15) is 0 Å². The Bertz CT molecular complexity index is 1570. The quantitative estimate of drug-likeness (QED) is 0.207. The van der Waals surface area contributed by atoms with Crippen LogP contribution in [-0.2, 0) is 19.2 Å². The molecule has 4 aliphatic rings. The first-order chi connectivity index (χ1) is 19.4. The van der Waals surface area contributed by atoms with E-state index in [-0.39, 0.29) is 35.5 Å². The summed E-state index contributed by atoms with van der Waals surface area (Å²) in [6, 6.07) is 10.4. The molecule has 3 N–H and O–H groups in total. The number of phenols is 1. The molecule has 2 aliphatic heterocycles. The molecule has 3 fully saturated rings. The summed E-state index contributed by atoms with van der Waals surface area (Å²) in [4.78, 5) is 52.8. The second kappa shape index (κ2) is 9.32. The predicted molar refractivity (Wildman–Crippen MR) is 149 cm³/mol. The van der Waals surface area contributed by atoms with E-state index in [0.717, 1.165) is 9.80 Å². The summed E-state index contributed by atoms with van der Waals surface area (Å²) in [6.07, 6.45) is 1.79. The lowest BCUT2D eigenvalue weighted by molar-refractivity contribution is -0.138. The highest BCUT2D eigenvalue weighted by Crippen LogP contribution is 2.65. The number of phenolic OH excluding ortho intramolecular Hbond substituents is 1. The van der Waals surface area contributed by atoms with Gasteiger partial charge in [0.2, 0.25) is 11.8 Å². The van der Waals surface area contributed by atoms with E-state index in [1.165, 1.54) is 50.6 Å². The topological polar surface area (TPSA) is 145 Å². The number of halogens is 2. The molecule has 2 saturated heterocycles. The number of nitrogens with zero attached hydrogens (tertiary/aromatic N) is 2. The molecule has 41 heavy (non-hydrogen) atoms. The van der Waals surface area contributed by atoms with Crippen LogP contribution < -0.4 is 15.1 Å². The highest BCUT2D eigenvalue weighted by atomic mass is 35.5. The maximum absolute atomic E-state index is 14.0. The van der Waals surface area contributed by atoms with Crippen molar-refractivity contribution in [2.75, 3.05) is 19.1 Å². The Morgan fingerprint density at radius 2 is 1.73 bits per heavy atom. The number of alkyl halides is 2. The number of aromatic hydroxyl groups is 1. The summed E-state index contributed by atoms with van der Waals surface area (Å²) in [5, 5.41) is 29.8. The van der Waals surface area contributed by atoms with E-state index >= 15 is 0 Å². The molecule has 0 radical (unpaired) electrons. The molecule has 10 nitrogen and oxygen atoms in total. The van der Waals surface area contributed by atoms with Crippen LogP contribution in [0.5, 0.6) is 11.5 Å². The van der Waals surface area contributed by atoms with Gasteiger partial charge in [-0.2, -0.15) is 0 Å². The van der Waals surface area contributed by atoms with Crippen molar-refractivity contribution in [3.63, 3.8) is 0 Å². The second-order valence-electron chi connectivity index (χ2n) is 10.9. The van der Waals surface area contributed by atoms with Gasteiger partial charge in [0.05, 0.1) is 24.6 Å². The van der Waals surface area contributed by atoms with Crippen molar-refractivity contribution < 1.29 is 39.1 Å². The van der Waals surface area contributed by atoms with Crippen LogP contribution >= 0.6 is 23.2 Å². The summed E-state index contributed by atoms with van der Waals surface area (Å²) >= 11 is 14.2. The van der Waals surface area contributed by atoms with Crippen molar-refractivity contribution in [3.05, 3.63) is 59.7 Å². The summed E-state index contributed by atoms with van der Waals surface area (Å²) in [6.45, 7) is 0. The molecule has 0 aromatic heterocycles.